The number of carbonyl (C=O) groups excluding carboxylic acids is 1. The van der Waals surface area contributed by atoms with Crippen molar-refractivity contribution in [3.05, 3.63) is 56.9 Å². The van der Waals surface area contributed by atoms with Crippen molar-refractivity contribution in [3.63, 3.8) is 0 Å². The van der Waals surface area contributed by atoms with Crippen molar-refractivity contribution in [2.24, 2.45) is 5.10 Å². The van der Waals surface area contributed by atoms with E-state index in [1.807, 2.05) is 0 Å². The number of amides is 1. The second-order valence-electron chi connectivity index (χ2n) is 5.17. The molecule has 1 heterocycles. The molecule has 3 aromatic rings. The molecule has 1 aromatic heterocycles. The van der Waals surface area contributed by atoms with Crippen LogP contribution >= 0.6 is 34.5 Å². The maximum atomic E-state index is 12.4. The van der Waals surface area contributed by atoms with Gasteiger partial charge in [0.25, 0.3) is 5.91 Å². The molecule has 1 amide bonds. The third-order valence-electron chi connectivity index (χ3n) is 3.60. The van der Waals surface area contributed by atoms with Gasteiger partial charge in [-0.3, -0.25) is 4.79 Å². The van der Waals surface area contributed by atoms with E-state index in [2.05, 4.69) is 10.5 Å². The van der Waals surface area contributed by atoms with Crippen molar-refractivity contribution in [3.8, 4) is 11.5 Å². The number of nitrogens with one attached hydrogen (secondary N) is 1. The molecule has 1 N–H and O–H groups in total. The quantitative estimate of drug-likeness (QED) is 0.477. The van der Waals surface area contributed by atoms with Crippen LogP contribution in [0.25, 0.3) is 10.1 Å². The molecule has 5 nitrogen and oxygen atoms in total. The number of benzene rings is 2. The number of hydrogen-bond donors (Lipinski definition) is 1. The van der Waals surface area contributed by atoms with Crippen molar-refractivity contribution in [2.45, 2.75) is 0 Å². The van der Waals surface area contributed by atoms with Crippen LogP contribution in [0.1, 0.15) is 15.2 Å². The number of halogens is 2. The Kier molecular flexibility index (Phi) is 5.66. The summed E-state index contributed by atoms with van der Waals surface area (Å²) in [6.45, 7) is 0. The second-order valence-corrected chi connectivity index (χ2v) is 7.03. The van der Waals surface area contributed by atoms with E-state index in [-0.39, 0.29) is 0 Å². The number of hydrogen-bond acceptors (Lipinski definition) is 5. The first-order valence-corrected chi connectivity index (χ1v) is 9.04. The second kappa shape index (κ2) is 7.95. The van der Waals surface area contributed by atoms with Gasteiger partial charge in [-0.2, -0.15) is 5.10 Å². The lowest BCUT2D eigenvalue weighted by molar-refractivity contribution is 0.0959. The third kappa shape index (κ3) is 3.62. The van der Waals surface area contributed by atoms with E-state index in [1.165, 1.54) is 24.7 Å². The van der Waals surface area contributed by atoms with E-state index in [0.717, 1.165) is 10.1 Å². The highest BCUT2D eigenvalue weighted by Gasteiger charge is 2.17. The number of carbonyl (C=O) groups is 1. The van der Waals surface area contributed by atoms with Gasteiger partial charge in [0.15, 0.2) is 11.5 Å². The zero-order valence-electron chi connectivity index (χ0n) is 13.9. The highest BCUT2D eigenvalue weighted by Crippen LogP contribution is 2.36. The minimum Gasteiger partial charge on any atom is -0.493 e. The summed E-state index contributed by atoms with van der Waals surface area (Å²) in [5.74, 6) is 0.708. The Labute approximate surface area is 164 Å². The molecular weight excluding hydrogens is 395 g/mol. The first-order chi connectivity index (χ1) is 12.5. The molecule has 0 bridgehead atoms. The molecule has 8 heteroatoms. The van der Waals surface area contributed by atoms with Gasteiger partial charge in [-0.1, -0.05) is 35.3 Å². The SMILES string of the molecule is COc1cccc(/C=N/NC(=O)c2sc3cc(Cl)ccc3c2Cl)c1OC. The Bertz CT molecular complexity index is 1000. The number of thiophene rings is 1. The van der Waals surface area contributed by atoms with Gasteiger partial charge in [0.05, 0.1) is 25.5 Å². The molecule has 3 rings (SSSR count). The summed E-state index contributed by atoms with van der Waals surface area (Å²) >= 11 is 13.5. The summed E-state index contributed by atoms with van der Waals surface area (Å²) in [6.07, 6.45) is 1.48. The van der Waals surface area contributed by atoms with Gasteiger partial charge in [-0.25, -0.2) is 5.43 Å². The van der Waals surface area contributed by atoms with Crippen LogP contribution in [0.5, 0.6) is 11.5 Å². The van der Waals surface area contributed by atoms with E-state index in [4.69, 9.17) is 32.7 Å². The number of hydrazone groups is 1. The molecule has 0 saturated heterocycles. The molecule has 0 saturated carbocycles. The molecule has 0 atom stereocenters. The molecule has 134 valence electrons. The van der Waals surface area contributed by atoms with Crippen molar-refractivity contribution < 1.29 is 14.3 Å². The summed E-state index contributed by atoms with van der Waals surface area (Å²) < 4.78 is 11.4. The first kappa shape index (κ1) is 18.5. The molecule has 2 aromatic carbocycles. The minimum absolute atomic E-state index is 0.374. The monoisotopic (exact) mass is 408 g/mol. The molecular formula is C18H14Cl2N2O3S. The van der Waals surface area contributed by atoms with Crippen LogP contribution < -0.4 is 14.9 Å². The Hall–Kier alpha value is -2.28. The summed E-state index contributed by atoms with van der Waals surface area (Å²) in [4.78, 5) is 12.8. The zero-order valence-corrected chi connectivity index (χ0v) is 16.2. The fourth-order valence-corrected chi connectivity index (χ4v) is 4.09. The number of ether oxygens (including phenoxy) is 2. The molecule has 26 heavy (non-hydrogen) atoms. The van der Waals surface area contributed by atoms with Crippen LogP contribution in [-0.4, -0.2) is 26.3 Å². The largest absolute Gasteiger partial charge is 0.493 e. The average Bonchev–Trinajstić information content (AvgIpc) is 2.97. The first-order valence-electron chi connectivity index (χ1n) is 7.47. The van der Waals surface area contributed by atoms with Crippen LogP contribution in [0.2, 0.25) is 10.0 Å². The van der Waals surface area contributed by atoms with Gasteiger partial charge in [0.2, 0.25) is 0 Å². The molecule has 0 aliphatic carbocycles. The molecule has 0 aliphatic rings. The van der Waals surface area contributed by atoms with Crippen molar-refractivity contribution in [1.29, 1.82) is 0 Å². The summed E-state index contributed by atoms with van der Waals surface area (Å²) in [6, 6.07) is 10.7. The number of rotatable bonds is 5. The molecule has 0 spiro atoms. The number of nitrogens with zero attached hydrogens (tertiary/aromatic N) is 1. The summed E-state index contributed by atoms with van der Waals surface area (Å²) in [7, 11) is 3.09. The maximum absolute atomic E-state index is 12.4. The normalized spacial score (nSPS) is 11.1. The van der Waals surface area contributed by atoms with Crippen LogP contribution in [0, 0.1) is 0 Å². The fraction of sp³-hybridized carbons (Fsp3) is 0.111. The summed E-state index contributed by atoms with van der Waals surface area (Å²) in [5.41, 5.74) is 3.15. The van der Waals surface area contributed by atoms with E-state index in [1.54, 1.807) is 43.5 Å². The lowest BCUT2D eigenvalue weighted by atomic mass is 10.2. The average molecular weight is 409 g/mol. The Morgan fingerprint density at radius 3 is 2.73 bits per heavy atom. The van der Waals surface area contributed by atoms with Gasteiger partial charge in [-0.05, 0) is 24.3 Å². The Morgan fingerprint density at radius 2 is 2.00 bits per heavy atom. The Balaban J connectivity index is 1.81. The number of fused-ring (bicyclic) bond motifs is 1. The Morgan fingerprint density at radius 1 is 1.19 bits per heavy atom. The van der Waals surface area contributed by atoms with Crippen LogP contribution in [0.4, 0.5) is 0 Å². The molecule has 0 radical (unpaired) electrons. The highest BCUT2D eigenvalue weighted by molar-refractivity contribution is 7.21. The van der Waals surface area contributed by atoms with Gasteiger partial charge in [0, 0.05) is 20.7 Å². The zero-order chi connectivity index (χ0) is 18.7. The fourth-order valence-electron chi connectivity index (χ4n) is 2.41. The van der Waals surface area contributed by atoms with Crippen LogP contribution in [0.3, 0.4) is 0 Å². The smallest absolute Gasteiger partial charge is 0.283 e. The van der Waals surface area contributed by atoms with E-state index in [9.17, 15) is 4.79 Å². The molecule has 0 unspecified atom stereocenters. The van der Waals surface area contributed by atoms with Gasteiger partial charge >= 0.3 is 0 Å². The predicted molar refractivity (Wildman–Crippen MR) is 106 cm³/mol. The summed E-state index contributed by atoms with van der Waals surface area (Å²) in [5, 5.41) is 5.75. The topological polar surface area (TPSA) is 59.9 Å². The van der Waals surface area contributed by atoms with Gasteiger partial charge < -0.3 is 9.47 Å². The van der Waals surface area contributed by atoms with E-state index < -0.39 is 5.91 Å². The number of methoxy groups -OCH3 is 2. The standard InChI is InChI=1S/C18H14Cl2N2O3S/c1-24-13-5-3-4-10(16(13)25-2)9-21-22-18(23)17-15(20)12-7-6-11(19)8-14(12)26-17/h3-9H,1-2H3,(H,22,23)/b21-9+. The lowest BCUT2D eigenvalue weighted by Gasteiger charge is -2.09. The predicted octanol–water partition coefficient (Wildman–Crippen LogP) is 4.99. The van der Waals surface area contributed by atoms with Crippen molar-refractivity contribution in [2.75, 3.05) is 14.2 Å². The van der Waals surface area contributed by atoms with E-state index >= 15 is 0 Å². The minimum atomic E-state index is -0.398. The maximum Gasteiger partial charge on any atom is 0.283 e. The highest BCUT2D eigenvalue weighted by atomic mass is 35.5. The third-order valence-corrected chi connectivity index (χ3v) is 5.49. The number of para-hydroxylation sites is 1. The molecule has 0 fully saturated rings. The van der Waals surface area contributed by atoms with Crippen molar-refractivity contribution in [1.82, 2.24) is 5.43 Å². The van der Waals surface area contributed by atoms with E-state index in [0.29, 0.717) is 32.0 Å². The van der Waals surface area contributed by atoms with Gasteiger partial charge in [-0.15, -0.1) is 11.3 Å². The van der Waals surface area contributed by atoms with Crippen LogP contribution in [0.15, 0.2) is 41.5 Å². The molecule has 0 aliphatic heterocycles. The van der Waals surface area contributed by atoms with Gasteiger partial charge in [0.1, 0.15) is 4.88 Å². The van der Waals surface area contributed by atoms with Crippen LogP contribution in [-0.2, 0) is 0 Å². The van der Waals surface area contributed by atoms with Crippen molar-refractivity contribution >= 4 is 56.7 Å². The lowest BCUT2D eigenvalue weighted by Crippen LogP contribution is -2.16.